The minimum Gasteiger partial charge on any atom is -0.338 e. The van der Waals surface area contributed by atoms with E-state index in [4.69, 9.17) is 0 Å². The van der Waals surface area contributed by atoms with Crippen molar-refractivity contribution in [2.45, 2.75) is 12.1 Å². The lowest BCUT2D eigenvalue weighted by Gasteiger charge is -1.93. The number of amides is 1. The van der Waals surface area contributed by atoms with Crippen molar-refractivity contribution >= 4 is 17.9 Å². The number of carbonyl (C=O) groups excluding carboxylic acids is 1. The number of hydrogen-bond acceptors (Lipinski definition) is 3. The normalized spacial score (nSPS) is 9.30. The molecule has 0 bridgehead atoms. The second kappa shape index (κ2) is 3.26. The molecule has 1 amide bonds. The largest absolute Gasteiger partial charge is 0.338 e. The molecule has 0 aliphatic heterocycles. The summed E-state index contributed by atoms with van der Waals surface area (Å²) in [5.74, 6) is -0.0820. The molecule has 10 heavy (non-hydrogen) atoms. The fourth-order valence-electron chi connectivity index (χ4n) is 0.427. The lowest BCUT2D eigenvalue weighted by molar-refractivity contribution is -0.117. The van der Waals surface area contributed by atoms with Crippen LogP contribution in [0.1, 0.15) is 6.92 Å². The summed E-state index contributed by atoms with van der Waals surface area (Å²) in [6.07, 6.45) is 3.33. The Hall–Kier alpha value is -0.970. The summed E-state index contributed by atoms with van der Waals surface area (Å²) in [6.45, 7) is 1.45. The van der Waals surface area contributed by atoms with Gasteiger partial charge in [0, 0.05) is 31.3 Å². The van der Waals surface area contributed by atoms with Crippen LogP contribution in [0.25, 0.3) is 0 Å². The van der Waals surface area contributed by atoms with Crippen molar-refractivity contribution in [1.29, 1.82) is 0 Å². The van der Waals surface area contributed by atoms with E-state index in [9.17, 15) is 4.79 Å². The van der Waals surface area contributed by atoms with E-state index in [0.29, 0.717) is 5.16 Å². The van der Waals surface area contributed by atoms with Crippen LogP contribution in [0.5, 0.6) is 0 Å². The first-order valence-electron chi connectivity index (χ1n) is 2.72. The molecule has 0 unspecified atom stereocenters. The SMILES string of the molecule is CC(=O)NSc1ncc[nH]1. The fourth-order valence-corrected chi connectivity index (χ4v) is 0.908. The standard InChI is InChI=1S/C5H7N3OS/c1-4(9)8-10-5-6-2-3-7-5/h2-3H,1H3,(H,6,7)(H,8,9). The van der Waals surface area contributed by atoms with E-state index < -0.39 is 0 Å². The minimum atomic E-state index is -0.0820. The zero-order chi connectivity index (χ0) is 7.40. The third-order valence-electron chi connectivity index (χ3n) is 0.765. The van der Waals surface area contributed by atoms with Gasteiger partial charge in [0.25, 0.3) is 0 Å². The summed E-state index contributed by atoms with van der Waals surface area (Å²) in [4.78, 5) is 17.1. The average Bonchev–Trinajstić information content (AvgIpc) is 2.34. The summed E-state index contributed by atoms with van der Waals surface area (Å²) < 4.78 is 2.53. The molecular formula is C5H7N3OS. The van der Waals surface area contributed by atoms with E-state index in [0.717, 1.165) is 0 Å². The molecule has 0 aliphatic rings. The third kappa shape index (κ3) is 2.10. The molecule has 1 aromatic rings. The Kier molecular flexibility index (Phi) is 2.33. The second-order valence-corrected chi connectivity index (χ2v) is 2.45. The number of nitrogens with one attached hydrogen (secondary N) is 2. The van der Waals surface area contributed by atoms with Crippen molar-refractivity contribution in [3.63, 3.8) is 0 Å². The molecule has 0 spiro atoms. The molecule has 0 saturated carbocycles. The van der Waals surface area contributed by atoms with E-state index in [1.165, 1.54) is 18.9 Å². The monoisotopic (exact) mass is 157 g/mol. The number of H-pyrrole nitrogens is 1. The van der Waals surface area contributed by atoms with Crippen LogP contribution in [0.4, 0.5) is 0 Å². The lowest BCUT2D eigenvalue weighted by atomic mass is 10.8. The molecule has 0 saturated heterocycles. The highest BCUT2D eigenvalue weighted by Crippen LogP contribution is 2.05. The smallest absolute Gasteiger partial charge is 0.227 e. The van der Waals surface area contributed by atoms with Gasteiger partial charge in [-0.2, -0.15) is 0 Å². The number of aromatic amines is 1. The summed E-state index contributed by atoms with van der Waals surface area (Å²) in [5.41, 5.74) is 0. The molecule has 5 heteroatoms. The molecule has 0 fully saturated rings. The molecule has 0 aromatic carbocycles. The van der Waals surface area contributed by atoms with Gasteiger partial charge in [-0.15, -0.1) is 0 Å². The summed E-state index contributed by atoms with van der Waals surface area (Å²) in [5, 5.41) is 0.690. The topological polar surface area (TPSA) is 57.8 Å². The Morgan fingerprint density at radius 2 is 2.70 bits per heavy atom. The van der Waals surface area contributed by atoms with Crippen LogP contribution >= 0.6 is 11.9 Å². The Balaban J connectivity index is 2.35. The number of rotatable bonds is 2. The van der Waals surface area contributed by atoms with Gasteiger partial charge in [0.05, 0.1) is 0 Å². The number of hydrogen-bond donors (Lipinski definition) is 2. The second-order valence-electron chi connectivity index (χ2n) is 1.65. The maximum atomic E-state index is 10.4. The Morgan fingerprint density at radius 3 is 3.20 bits per heavy atom. The average molecular weight is 157 g/mol. The van der Waals surface area contributed by atoms with E-state index in [1.54, 1.807) is 12.4 Å². The fraction of sp³-hybridized carbons (Fsp3) is 0.200. The molecule has 0 aliphatic carbocycles. The van der Waals surface area contributed by atoms with Crippen LogP contribution in [0, 0.1) is 0 Å². The lowest BCUT2D eigenvalue weighted by Crippen LogP contribution is -2.10. The van der Waals surface area contributed by atoms with Crippen molar-refractivity contribution < 1.29 is 4.79 Å². The van der Waals surface area contributed by atoms with Gasteiger partial charge in [-0.05, 0) is 0 Å². The third-order valence-corrected chi connectivity index (χ3v) is 1.57. The van der Waals surface area contributed by atoms with Gasteiger partial charge >= 0.3 is 0 Å². The molecule has 54 valence electrons. The van der Waals surface area contributed by atoms with Crippen LogP contribution in [0.3, 0.4) is 0 Å². The molecule has 0 atom stereocenters. The Morgan fingerprint density at radius 1 is 1.90 bits per heavy atom. The number of imidazole rings is 1. The highest BCUT2D eigenvalue weighted by atomic mass is 32.2. The number of nitrogens with zero attached hydrogens (tertiary/aromatic N) is 1. The first-order valence-corrected chi connectivity index (χ1v) is 3.53. The zero-order valence-corrected chi connectivity index (χ0v) is 6.23. The van der Waals surface area contributed by atoms with Gasteiger partial charge in [-0.3, -0.25) is 9.52 Å². The van der Waals surface area contributed by atoms with Gasteiger partial charge in [0.2, 0.25) is 5.91 Å². The van der Waals surface area contributed by atoms with Crippen LogP contribution in [0.2, 0.25) is 0 Å². The van der Waals surface area contributed by atoms with Gasteiger partial charge < -0.3 is 4.98 Å². The quantitative estimate of drug-likeness (QED) is 0.616. The van der Waals surface area contributed by atoms with E-state index in [1.807, 2.05) is 0 Å². The van der Waals surface area contributed by atoms with Gasteiger partial charge in [0.1, 0.15) is 0 Å². The van der Waals surface area contributed by atoms with Gasteiger partial charge in [-0.1, -0.05) is 0 Å². The minimum absolute atomic E-state index is 0.0820. The molecule has 1 rings (SSSR count). The predicted octanol–water partition coefficient (Wildman–Crippen LogP) is 0.553. The molecule has 0 radical (unpaired) electrons. The predicted molar refractivity (Wildman–Crippen MR) is 38.3 cm³/mol. The first-order chi connectivity index (χ1) is 4.79. The van der Waals surface area contributed by atoms with Crippen molar-refractivity contribution in [3.05, 3.63) is 12.4 Å². The van der Waals surface area contributed by atoms with Crippen LogP contribution in [-0.4, -0.2) is 15.9 Å². The van der Waals surface area contributed by atoms with E-state index >= 15 is 0 Å². The van der Waals surface area contributed by atoms with Crippen molar-refractivity contribution in [2.24, 2.45) is 0 Å². The maximum absolute atomic E-state index is 10.4. The van der Waals surface area contributed by atoms with Gasteiger partial charge in [0.15, 0.2) is 5.16 Å². The van der Waals surface area contributed by atoms with Crippen LogP contribution < -0.4 is 4.72 Å². The summed E-state index contributed by atoms with van der Waals surface area (Å²) in [7, 11) is 0. The van der Waals surface area contributed by atoms with Gasteiger partial charge in [-0.25, -0.2) is 4.98 Å². The molecule has 1 aromatic heterocycles. The number of aromatic nitrogens is 2. The van der Waals surface area contributed by atoms with Crippen molar-refractivity contribution in [2.75, 3.05) is 0 Å². The Bertz CT molecular complexity index is 209. The Labute approximate surface area is 62.6 Å². The first kappa shape index (κ1) is 7.14. The summed E-state index contributed by atoms with van der Waals surface area (Å²) >= 11 is 1.17. The molecule has 2 N–H and O–H groups in total. The van der Waals surface area contributed by atoms with E-state index in [-0.39, 0.29) is 5.91 Å². The van der Waals surface area contributed by atoms with Crippen molar-refractivity contribution in [1.82, 2.24) is 14.7 Å². The van der Waals surface area contributed by atoms with Crippen LogP contribution in [0.15, 0.2) is 17.6 Å². The molecular weight excluding hydrogens is 150 g/mol. The van der Waals surface area contributed by atoms with E-state index in [2.05, 4.69) is 14.7 Å². The van der Waals surface area contributed by atoms with Crippen LogP contribution in [-0.2, 0) is 4.79 Å². The zero-order valence-electron chi connectivity index (χ0n) is 5.42. The molecule has 1 heterocycles. The molecule has 4 nitrogen and oxygen atoms in total. The highest BCUT2D eigenvalue weighted by Gasteiger charge is 1.95. The summed E-state index contributed by atoms with van der Waals surface area (Å²) in [6, 6.07) is 0. The van der Waals surface area contributed by atoms with Crippen molar-refractivity contribution in [3.8, 4) is 0 Å². The highest BCUT2D eigenvalue weighted by molar-refractivity contribution is 7.97. The maximum Gasteiger partial charge on any atom is 0.227 e. The number of carbonyl (C=O) groups is 1.